The van der Waals surface area contributed by atoms with Crippen molar-refractivity contribution in [3.63, 3.8) is 0 Å². The Kier molecular flexibility index (Phi) is 4.90. The van der Waals surface area contributed by atoms with Gasteiger partial charge in [0, 0.05) is 54.2 Å². The predicted molar refractivity (Wildman–Crippen MR) is 104 cm³/mol. The molecule has 0 N–H and O–H groups in total. The van der Waals surface area contributed by atoms with Gasteiger partial charge in [0.2, 0.25) is 5.95 Å². The van der Waals surface area contributed by atoms with Crippen LogP contribution in [0.15, 0.2) is 53.6 Å². The molecule has 0 amide bonds. The molecule has 1 aliphatic heterocycles. The van der Waals surface area contributed by atoms with Crippen LogP contribution in [0.3, 0.4) is 0 Å². The summed E-state index contributed by atoms with van der Waals surface area (Å²) in [5, 5.41) is 0.419. The number of anilines is 1. The molecule has 0 atom stereocenters. The number of fused-ring (bicyclic) bond motifs is 1. The third-order valence-electron chi connectivity index (χ3n) is 4.75. The van der Waals surface area contributed by atoms with Crippen LogP contribution < -0.4 is 10.5 Å². The van der Waals surface area contributed by atoms with E-state index in [-0.39, 0.29) is 11.4 Å². The Morgan fingerprint density at radius 3 is 2.74 bits per heavy atom. The Morgan fingerprint density at radius 2 is 1.96 bits per heavy atom. The number of hydrogen-bond acceptors (Lipinski definition) is 4. The zero-order chi connectivity index (χ0) is 18.8. The molecule has 1 aromatic carbocycles. The van der Waals surface area contributed by atoms with Gasteiger partial charge < -0.3 is 4.90 Å². The van der Waals surface area contributed by atoms with Gasteiger partial charge in [0.05, 0.1) is 5.69 Å². The fourth-order valence-electron chi connectivity index (χ4n) is 3.37. The molecule has 0 spiro atoms. The molecule has 27 heavy (non-hydrogen) atoms. The molecule has 2 aromatic heterocycles. The Labute approximate surface area is 161 Å². The summed E-state index contributed by atoms with van der Waals surface area (Å²) in [6.07, 6.45) is 4.63. The summed E-state index contributed by atoms with van der Waals surface area (Å²) >= 11 is 6.14. The zero-order valence-corrected chi connectivity index (χ0v) is 15.4. The Morgan fingerprint density at radius 1 is 1.15 bits per heavy atom. The third-order valence-corrected chi connectivity index (χ3v) is 5.10. The summed E-state index contributed by atoms with van der Waals surface area (Å²) < 4.78 is 15.7. The summed E-state index contributed by atoms with van der Waals surface area (Å²) in [7, 11) is 0. The van der Waals surface area contributed by atoms with E-state index in [9.17, 15) is 9.18 Å². The number of pyridine rings is 1. The molecule has 0 radical (unpaired) electrons. The number of halogens is 2. The van der Waals surface area contributed by atoms with E-state index in [1.54, 1.807) is 35.2 Å². The zero-order valence-electron chi connectivity index (χ0n) is 14.6. The van der Waals surface area contributed by atoms with Gasteiger partial charge in [-0.15, -0.1) is 0 Å². The van der Waals surface area contributed by atoms with Crippen LogP contribution in [0.1, 0.15) is 12.0 Å². The minimum absolute atomic E-state index is 0.0829. The first-order valence-electron chi connectivity index (χ1n) is 8.83. The van der Waals surface area contributed by atoms with E-state index in [1.165, 1.54) is 6.07 Å². The van der Waals surface area contributed by atoms with Gasteiger partial charge in [0.25, 0.3) is 5.56 Å². The first kappa shape index (κ1) is 17.7. The Balaban J connectivity index is 1.66. The van der Waals surface area contributed by atoms with E-state index in [1.807, 2.05) is 17.0 Å². The van der Waals surface area contributed by atoms with Gasteiger partial charge in [-0.3, -0.25) is 14.3 Å². The minimum atomic E-state index is -0.310. The molecular weight excluding hydrogens is 367 g/mol. The molecule has 5 nitrogen and oxygen atoms in total. The van der Waals surface area contributed by atoms with E-state index in [4.69, 9.17) is 16.6 Å². The summed E-state index contributed by atoms with van der Waals surface area (Å²) in [6.45, 7) is 1.93. The van der Waals surface area contributed by atoms with Gasteiger partial charge in [0.15, 0.2) is 0 Å². The number of rotatable bonds is 4. The van der Waals surface area contributed by atoms with Crippen LogP contribution in [0.2, 0.25) is 5.02 Å². The lowest BCUT2D eigenvalue weighted by Crippen LogP contribution is -2.39. The van der Waals surface area contributed by atoms with Gasteiger partial charge in [0.1, 0.15) is 5.82 Å². The Bertz CT molecular complexity index is 1000. The van der Waals surface area contributed by atoms with Crippen molar-refractivity contribution in [3.8, 4) is 11.3 Å². The fourth-order valence-corrected chi connectivity index (χ4v) is 3.62. The highest BCUT2D eigenvalue weighted by molar-refractivity contribution is 6.31. The monoisotopic (exact) mass is 384 g/mol. The van der Waals surface area contributed by atoms with Crippen LogP contribution in [0.5, 0.6) is 0 Å². The lowest BCUT2D eigenvalue weighted by Gasteiger charge is -2.31. The molecule has 0 fully saturated rings. The molecule has 0 bridgehead atoms. The molecular formula is C20H18ClFN4O. The van der Waals surface area contributed by atoms with E-state index >= 15 is 0 Å². The first-order valence-corrected chi connectivity index (χ1v) is 9.21. The SMILES string of the molecule is O=c1cc(-c2ccncc2)nc2n1CCCN2CCc1c(F)cccc1Cl. The summed E-state index contributed by atoms with van der Waals surface area (Å²) in [4.78, 5) is 23.3. The quantitative estimate of drug-likeness (QED) is 0.690. The number of benzene rings is 1. The van der Waals surface area contributed by atoms with E-state index in [2.05, 4.69) is 4.98 Å². The topological polar surface area (TPSA) is 51.0 Å². The average molecular weight is 385 g/mol. The van der Waals surface area contributed by atoms with Crippen LogP contribution in [0.25, 0.3) is 11.3 Å². The van der Waals surface area contributed by atoms with Crippen LogP contribution >= 0.6 is 11.6 Å². The summed E-state index contributed by atoms with van der Waals surface area (Å²) in [5.74, 6) is 0.309. The van der Waals surface area contributed by atoms with Gasteiger partial charge >= 0.3 is 0 Å². The molecule has 0 unspecified atom stereocenters. The smallest absolute Gasteiger partial charge is 0.255 e. The van der Waals surface area contributed by atoms with Crippen LogP contribution in [-0.2, 0) is 13.0 Å². The molecule has 0 aliphatic carbocycles. The van der Waals surface area contributed by atoms with Crippen molar-refractivity contribution in [2.75, 3.05) is 18.0 Å². The Hall–Kier alpha value is -2.73. The van der Waals surface area contributed by atoms with E-state index in [0.717, 1.165) is 18.5 Å². The van der Waals surface area contributed by atoms with Crippen molar-refractivity contribution in [2.24, 2.45) is 0 Å². The van der Waals surface area contributed by atoms with Crippen molar-refractivity contribution in [1.82, 2.24) is 14.5 Å². The minimum Gasteiger partial charge on any atom is -0.342 e. The van der Waals surface area contributed by atoms with Crippen LogP contribution in [0, 0.1) is 5.82 Å². The van der Waals surface area contributed by atoms with Gasteiger partial charge in [-0.1, -0.05) is 17.7 Å². The van der Waals surface area contributed by atoms with Crippen molar-refractivity contribution in [1.29, 1.82) is 0 Å². The lowest BCUT2D eigenvalue weighted by atomic mass is 10.1. The molecule has 0 saturated carbocycles. The molecule has 138 valence electrons. The van der Waals surface area contributed by atoms with Crippen LogP contribution in [0.4, 0.5) is 10.3 Å². The molecule has 0 saturated heterocycles. The second-order valence-corrected chi connectivity index (χ2v) is 6.87. The van der Waals surface area contributed by atoms with Crippen molar-refractivity contribution in [3.05, 3.63) is 75.5 Å². The van der Waals surface area contributed by atoms with E-state index in [0.29, 0.717) is 41.7 Å². The first-order chi connectivity index (χ1) is 13.1. The summed E-state index contributed by atoms with van der Waals surface area (Å²) in [6, 6.07) is 9.90. The van der Waals surface area contributed by atoms with Gasteiger partial charge in [-0.25, -0.2) is 9.37 Å². The number of aromatic nitrogens is 3. The maximum Gasteiger partial charge on any atom is 0.255 e. The summed E-state index contributed by atoms with van der Waals surface area (Å²) in [5.41, 5.74) is 1.86. The molecule has 3 heterocycles. The largest absolute Gasteiger partial charge is 0.342 e. The van der Waals surface area contributed by atoms with Gasteiger partial charge in [-0.2, -0.15) is 0 Å². The highest BCUT2D eigenvalue weighted by Crippen LogP contribution is 2.24. The highest BCUT2D eigenvalue weighted by Gasteiger charge is 2.21. The highest BCUT2D eigenvalue weighted by atomic mass is 35.5. The second-order valence-electron chi connectivity index (χ2n) is 6.46. The van der Waals surface area contributed by atoms with Crippen molar-refractivity contribution in [2.45, 2.75) is 19.4 Å². The second kappa shape index (κ2) is 7.48. The number of nitrogens with zero attached hydrogens (tertiary/aromatic N) is 4. The van der Waals surface area contributed by atoms with Crippen molar-refractivity contribution < 1.29 is 4.39 Å². The van der Waals surface area contributed by atoms with Gasteiger partial charge in [-0.05, 0) is 37.1 Å². The maximum absolute atomic E-state index is 14.1. The maximum atomic E-state index is 14.1. The molecule has 7 heteroatoms. The lowest BCUT2D eigenvalue weighted by molar-refractivity contribution is 0.529. The predicted octanol–water partition coefficient (Wildman–Crippen LogP) is 3.55. The van der Waals surface area contributed by atoms with Crippen molar-refractivity contribution >= 4 is 17.5 Å². The molecule has 4 rings (SSSR count). The third kappa shape index (κ3) is 3.57. The fraction of sp³-hybridized carbons (Fsp3) is 0.250. The normalized spacial score (nSPS) is 13.5. The standard InChI is InChI=1S/C20H18ClFN4O/c21-16-3-1-4-17(22)15(16)7-12-25-10-2-11-26-19(27)13-18(24-20(25)26)14-5-8-23-9-6-14/h1,3-6,8-9,13H,2,7,10-12H2. The van der Waals surface area contributed by atoms with E-state index < -0.39 is 0 Å². The number of hydrogen-bond donors (Lipinski definition) is 0. The molecule has 3 aromatic rings. The molecule has 1 aliphatic rings. The van der Waals surface area contributed by atoms with Crippen LogP contribution in [-0.4, -0.2) is 27.6 Å². The average Bonchev–Trinajstić information content (AvgIpc) is 2.68.